The Hall–Kier alpha value is -2.89. The Bertz CT molecular complexity index is 726. The number of para-hydroxylation sites is 1. The van der Waals surface area contributed by atoms with Gasteiger partial charge in [0, 0.05) is 23.0 Å². The van der Waals surface area contributed by atoms with Crippen LogP contribution in [0.1, 0.15) is 21.5 Å². The number of rotatable bonds is 3. The fourth-order valence-corrected chi connectivity index (χ4v) is 2.03. The minimum Gasteiger partial charge on any atom is -0.398 e. The van der Waals surface area contributed by atoms with E-state index in [0.717, 1.165) is 0 Å². The highest BCUT2D eigenvalue weighted by atomic mass is 16.6. The lowest BCUT2D eigenvalue weighted by Gasteiger charge is -2.11. The van der Waals surface area contributed by atoms with Crippen LogP contribution in [-0.2, 0) is 0 Å². The van der Waals surface area contributed by atoms with Crippen molar-refractivity contribution in [3.05, 3.63) is 63.2 Å². The summed E-state index contributed by atoms with van der Waals surface area (Å²) in [5, 5.41) is 13.6. The molecule has 0 aromatic heterocycles. The molecular formula is C15H15N3O3. The van der Waals surface area contributed by atoms with Gasteiger partial charge >= 0.3 is 0 Å². The van der Waals surface area contributed by atoms with Gasteiger partial charge in [0.25, 0.3) is 11.6 Å². The zero-order valence-corrected chi connectivity index (χ0v) is 11.7. The van der Waals surface area contributed by atoms with Crippen LogP contribution in [-0.4, -0.2) is 10.8 Å². The van der Waals surface area contributed by atoms with Crippen LogP contribution in [0.4, 0.5) is 17.1 Å². The van der Waals surface area contributed by atoms with Crippen LogP contribution in [0, 0.1) is 24.0 Å². The summed E-state index contributed by atoms with van der Waals surface area (Å²) in [5.74, 6) is -0.343. The molecular weight excluding hydrogens is 270 g/mol. The van der Waals surface area contributed by atoms with Gasteiger partial charge in [-0.3, -0.25) is 14.9 Å². The Morgan fingerprint density at radius 3 is 2.48 bits per heavy atom. The van der Waals surface area contributed by atoms with Gasteiger partial charge in [-0.1, -0.05) is 12.1 Å². The van der Waals surface area contributed by atoms with Crippen molar-refractivity contribution in [3.8, 4) is 0 Å². The fraction of sp³-hybridized carbons (Fsp3) is 0.133. The molecule has 6 nitrogen and oxygen atoms in total. The van der Waals surface area contributed by atoms with E-state index in [1.54, 1.807) is 44.2 Å². The first-order chi connectivity index (χ1) is 9.90. The van der Waals surface area contributed by atoms with Crippen molar-refractivity contribution in [2.75, 3.05) is 11.1 Å². The lowest BCUT2D eigenvalue weighted by atomic mass is 10.1. The molecule has 3 N–H and O–H groups in total. The van der Waals surface area contributed by atoms with E-state index in [1.165, 1.54) is 6.07 Å². The first kappa shape index (κ1) is 14.5. The van der Waals surface area contributed by atoms with E-state index < -0.39 is 4.92 Å². The Morgan fingerprint density at radius 2 is 1.86 bits per heavy atom. The molecule has 0 spiro atoms. The number of nitro groups is 1. The molecule has 0 fully saturated rings. The zero-order valence-electron chi connectivity index (χ0n) is 11.7. The number of hydrogen-bond acceptors (Lipinski definition) is 4. The van der Waals surface area contributed by atoms with E-state index in [4.69, 9.17) is 5.73 Å². The van der Waals surface area contributed by atoms with Gasteiger partial charge in [-0.25, -0.2) is 0 Å². The molecule has 0 heterocycles. The number of aryl methyl sites for hydroxylation is 2. The molecule has 0 unspecified atom stereocenters. The average Bonchev–Trinajstić information content (AvgIpc) is 2.42. The number of amides is 1. The lowest BCUT2D eigenvalue weighted by molar-refractivity contribution is -0.385. The highest BCUT2D eigenvalue weighted by Crippen LogP contribution is 2.26. The van der Waals surface area contributed by atoms with Gasteiger partial charge in [0.2, 0.25) is 0 Å². The topological polar surface area (TPSA) is 98.3 Å². The number of nitrogens with two attached hydrogens (primary N) is 1. The summed E-state index contributed by atoms with van der Waals surface area (Å²) < 4.78 is 0. The van der Waals surface area contributed by atoms with E-state index in [1.807, 2.05) is 0 Å². The van der Waals surface area contributed by atoms with Gasteiger partial charge in [-0.05, 0) is 37.6 Å². The molecule has 0 aliphatic rings. The summed E-state index contributed by atoms with van der Waals surface area (Å²) in [4.78, 5) is 22.6. The number of nitrogens with one attached hydrogen (secondary N) is 1. The smallest absolute Gasteiger partial charge is 0.272 e. The molecule has 2 aromatic carbocycles. The molecule has 108 valence electrons. The zero-order chi connectivity index (χ0) is 15.6. The number of nitro benzene ring substituents is 1. The molecule has 0 aliphatic carbocycles. The second-order valence-corrected chi connectivity index (χ2v) is 4.75. The van der Waals surface area contributed by atoms with Crippen molar-refractivity contribution in [1.82, 2.24) is 0 Å². The monoisotopic (exact) mass is 285 g/mol. The lowest BCUT2D eigenvalue weighted by Crippen LogP contribution is -2.15. The summed E-state index contributed by atoms with van der Waals surface area (Å²) in [6.45, 7) is 3.33. The maximum atomic E-state index is 12.2. The van der Waals surface area contributed by atoms with E-state index in [2.05, 4.69) is 5.32 Å². The largest absolute Gasteiger partial charge is 0.398 e. The number of hydrogen-bond donors (Lipinski definition) is 2. The van der Waals surface area contributed by atoms with Gasteiger partial charge in [0.1, 0.15) is 0 Å². The van der Waals surface area contributed by atoms with Crippen molar-refractivity contribution in [2.45, 2.75) is 13.8 Å². The minimum atomic E-state index is -0.441. The van der Waals surface area contributed by atoms with Crippen LogP contribution >= 0.6 is 0 Å². The first-order valence-electron chi connectivity index (χ1n) is 6.31. The molecule has 2 aromatic rings. The third-order valence-corrected chi connectivity index (χ3v) is 3.19. The van der Waals surface area contributed by atoms with Gasteiger partial charge in [0.15, 0.2) is 0 Å². The van der Waals surface area contributed by atoms with Crippen molar-refractivity contribution in [3.63, 3.8) is 0 Å². The third kappa shape index (κ3) is 3.00. The highest BCUT2D eigenvalue weighted by Gasteiger charge is 2.16. The Labute approximate surface area is 121 Å². The number of anilines is 2. The number of benzene rings is 2. The summed E-state index contributed by atoms with van der Waals surface area (Å²) in [7, 11) is 0. The van der Waals surface area contributed by atoms with E-state index in [0.29, 0.717) is 28.1 Å². The number of carbonyl (C=O) groups is 1. The van der Waals surface area contributed by atoms with Crippen LogP contribution in [0.2, 0.25) is 0 Å². The molecule has 0 saturated carbocycles. The fourth-order valence-electron chi connectivity index (χ4n) is 2.03. The Morgan fingerprint density at radius 1 is 1.19 bits per heavy atom. The van der Waals surface area contributed by atoms with Gasteiger partial charge in [-0.2, -0.15) is 0 Å². The second kappa shape index (κ2) is 5.62. The molecule has 0 atom stereocenters. The van der Waals surface area contributed by atoms with Crippen LogP contribution < -0.4 is 11.1 Å². The number of nitrogen functional groups attached to an aromatic ring is 1. The Kier molecular flexibility index (Phi) is 3.89. The standard InChI is InChI=1S/C15H15N3O3/c1-9-8-14(18(20)21)10(2)7-13(9)17-15(19)11-5-3-4-6-12(11)16/h3-8H,16H2,1-2H3,(H,17,19). The first-order valence-corrected chi connectivity index (χ1v) is 6.31. The summed E-state index contributed by atoms with van der Waals surface area (Å²) in [6.07, 6.45) is 0. The summed E-state index contributed by atoms with van der Waals surface area (Å²) in [6, 6.07) is 9.76. The SMILES string of the molecule is Cc1cc([N+](=O)[O-])c(C)cc1NC(=O)c1ccccc1N. The molecule has 6 heteroatoms. The number of nitrogens with zero attached hydrogens (tertiary/aromatic N) is 1. The predicted molar refractivity (Wildman–Crippen MR) is 81.4 cm³/mol. The van der Waals surface area contributed by atoms with Gasteiger partial charge < -0.3 is 11.1 Å². The molecule has 0 saturated heterocycles. The molecule has 0 radical (unpaired) electrons. The Balaban J connectivity index is 2.32. The molecule has 21 heavy (non-hydrogen) atoms. The van der Waals surface area contributed by atoms with E-state index in [9.17, 15) is 14.9 Å². The molecule has 2 rings (SSSR count). The van der Waals surface area contributed by atoms with Crippen molar-refractivity contribution in [1.29, 1.82) is 0 Å². The van der Waals surface area contributed by atoms with Crippen LogP contribution in [0.25, 0.3) is 0 Å². The minimum absolute atomic E-state index is 0.0322. The molecule has 0 aliphatic heterocycles. The van der Waals surface area contributed by atoms with E-state index in [-0.39, 0.29) is 11.6 Å². The summed E-state index contributed by atoms with van der Waals surface area (Å²) >= 11 is 0. The average molecular weight is 285 g/mol. The van der Waals surface area contributed by atoms with Crippen LogP contribution in [0.5, 0.6) is 0 Å². The quantitative estimate of drug-likeness (QED) is 0.514. The van der Waals surface area contributed by atoms with Crippen LogP contribution in [0.3, 0.4) is 0 Å². The maximum Gasteiger partial charge on any atom is 0.272 e. The maximum absolute atomic E-state index is 12.2. The third-order valence-electron chi connectivity index (χ3n) is 3.19. The normalized spacial score (nSPS) is 10.2. The van der Waals surface area contributed by atoms with E-state index >= 15 is 0 Å². The van der Waals surface area contributed by atoms with Crippen molar-refractivity contribution in [2.24, 2.45) is 0 Å². The van der Waals surface area contributed by atoms with Gasteiger partial charge in [-0.15, -0.1) is 0 Å². The molecule has 0 bridgehead atoms. The summed E-state index contributed by atoms with van der Waals surface area (Å²) in [5.41, 5.74) is 8.18. The van der Waals surface area contributed by atoms with Gasteiger partial charge in [0.05, 0.1) is 10.5 Å². The number of carbonyl (C=O) groups excluding carboxylic acids is 1. The van der Waals surface area contributed by atoms with Crippen molar-refractivity contribution < 1.29 is 9.72 Å². The second-order valence-electron chi connectivity index (χ2n) is 4.75. The predicted octanol–water partition coefficient (Wildman–Crippen LogP) is 3.05. The molecule has 1 amide bonds. The highest BCUT2D eigenvalue weighted by molar-refractivity contribution is 6.08. The van der Waals surface area contributed by atoms with Crippen LogP contribution in [0.15, 0.2) is 36.4 Å². The van der Waals surface area contributed by atoms with Crippen molar-refractivity contribution >= 4 is 23.0 Å².